The van der Waals surface area contributed by atoms with Gasteiger partial charge in [-0.15, -0.1) is 0 Å². The van der Waals surface area contributed by atoms with E-state index in [-0.39, 0.29) is 30.5 Å². The van der Waals surface area contributed by atoms with E-state index >= 15 is 0 Å². The average Bonchev–Trinajstić information content (AvgIpc) is 3.32. The second-order valence-corrected chi connectivity index (χ2v) is 8.10. The molecule has 0 bridgehead atoms. The molecule has 182 valence electrons. The topological polar surface area (TPSA) is 134 Å². The van der Waals surface area contributed by atoms with E-state index in [2.05, 4.69) is 25.7 Å². The molecule has 0 fully saturated rings. The Hall–Kier alpha value is -3.73. The summed E-state index contributed by atoms with van der Waals surface area (Å²) in [5.41, 5.74) is 3.06. The van der Waals surface area contributed by atoms with Gasteiger partial charge in [0.15, 0.2) is 5.82 Å². The Labute approximate surface area is 206 Å². The van der Waals surface area contributed by atoms with Crippen LogP contribution in [0.2, 0.25) is 5.02 Å². The highest BCUT2D eigenvalue weighted by molar-refractivity contribution is 6.30. The summed E-state index contributed by atoms with van der Waals surface area (Å²) in [5.74, 6) is 0.393. The monoisotopic (exact) mass is 496 g/mol. The number of nitrogens with one attached hydrogen (secondary N) is 2. The van der Waals surface area contributed by atoms with Crippen LogP contribution in [0.5, 0.6) is 5.88 Å². The molecule has 3 heterocycles. The number of hydrogen-bond acceptors (Lipinski definition) is 8. The number of ether oxygens (including phenoxy) is 1. The molecule has 0 aliphatic rings. The summed E-state index contributed by atoms with van der Waals surface area (Å²) < 4.78 is 6.98. The molecule has 4 N–H and O–H groups in total. The number of aliphatic hydroxyl groups excluding tert-OH is 2. The summed E-state index contributed by atoms with van der Waals surface area (Å²) in [6, 6.07) is 12.3. The van der Waals surface area contributed by atoms with Gasteiger partial charge in [0.2, 0.25) is 5.88 Å². The Morgan fingerprint density at radius 1 is 1.17 bits per heavy atom. The minimum Gasteiger partial charge on any atom is -0.480 e. The molecule has 3 aromatic heterocycles. The second-order valence-electron chi connectivity index (χ2n) is 7.67. The predicted octanol–water partition coefficient (Wildman–Crippen LogP) is 2.71. The fraction of sp³-hybridized carbons (Fsp3) is 0.250. The fourth-order valence-corrected chi connectivity index (χ4v) is 3.78. The van der Waals surface area contributed by atoms with E-state index in [1.165, 1.54) is 13.4 Å². The van der Waals surface area contributed by atoms with Gasteiger partial charge in [0, 0.05) is 29.9 Å². The number of hydrogen-bond donors (Lipinski definition) is 4. The quantitative estimate of drug-likeness (QED) is 0.263. The molecule has 1 amide bonds. The Kier molecular flexibility index (Phi) is 7.76. The number of carbonyl (C=O) groups excluding carboxylic acids is 1. The van der Waals surface area contributed by atoms with Gasteiger partial charge >= 0.3 is 0 Å². The molecular formula is C24H25ClN6O4. The molecule has 10 nitrogen and oxygen atoms in total. The SMILES string of the molecule is COc1ncc(-c2ccc3c(NCCO)ncnn23)cc1C(=O)NCCC(O)c1ccc(Cl)cc1. The Morgan fingerprint density at radius 3 is 2.71 bits per heavy atom. The number of aliphatic hydroxyl groups is 2. The zero-order valence-corrected chi connectivity index (χ0v) is 19.7. The minimum absolute atomic E-state index is 0.0265. The lowest BCUT2D eigenvalue weighted by atomic mass is 10.1. The van der Waals surface area contributed by atoms with E-state index < -0.39 is 6.10 Å². The van der Waals surface area contributed by atoms with Gasteiger partial charge in [-0.05, 0) is 42.3 Å². The van der Waals surface area contributed by atoms with Gasteiger partial charge < -0.3 is 25.6 Å². The van der Waals surface area contributed by atoms with Crippen LogP contribution >= 0.6 is 11.6 Å². The molecule has 4 aromatic rings. The third-order valence-electron chi connectivity index (χ3n) is 5.40. The lowest BCUT2D eigenvalue weighted by molar-refractivity contribution is 0.0939. The van der Waals surface area contributed by atoms with Crippen LogP contribution in [0, 0.1) is 0 Å². The van der Waals surface area contributed by atoms with Crippen molar-refractivity contribution in [3.05, 3.63) is 71.1 Å². The van der Waals surface area contributed by atoms with Crippen molar-refractivity contribution in [2.45, 2.75) is 12.5 Å². The van der Waals surface area contributed by atoms with Gasteiger partial charge in [-0.2, -0.15) is 5.10 Å². The largest absolute Gasteiger partial charge is 0.480 e. The van der Waals surface area contributed by atoms with Crippen LogP contribution in [0.3, 0.4) is 0 Å². The predicted molar refractivity (Wildman–Crippen MR) is 132 cm³/mol. The highest BCUT2D eigenvalue weighted by Crippen LogP contribution is 2.27. The maximum Gasteiger partial charge on any atom is 0.256 e. The zero-order valence-electron chi connectivity index (χ0n) is 19.0. The number of carbonyl (C=O) groups is 1. The number of nitrogens with zero attached hydrogens (tertiary/aromatic N) is 4. The molecule has 0 radical (unpaired) electrons. The van der Waals surface area contributed by atoms with Crippen LogP contribution in [0.4, 0.5) is 5.82 Å². The van der Waals surface area contributed by atoms with Crippen molar-refractivity contribution in [3.63, 3.8) is 0 Å². The summed E-state index contributed by atoms with van der Waals surface area (Å²) in [7, 11) is 1.45. The third-order valence-corrected chi connectivity index (χ3v) is 5.65. The van der Waals surface area contributed by atoms with Gasteiger partial charge in [-0.1, -0.05) is 23.7 Å². The van der Waals surface area contributed by atoms with Crippen LogP contribution in [-0.2, 0) is 0 Å². The van der Waals surface area contributed by atoms with Crippen LogP contribution < -0.4 is 15.4 Å². The van der Waals surface area contributed by atoms with E-state index in [0.717, 1.165) is 5.56 Å². The molecule has 0 aliphatic carbocycles. The average molecular weight is 497 g/mol. The summed E-state index contributed by atoms with van der Waals surface area (Å²) >= 11 is 5.89. The number of aromatic nitrogens is 4. The molecule has 1 unspecified atom stereocenters. The summed E-state index contributed by atoms with van der Waals surface area (Å²) in [6.07, 6.45) is 2.60. The van der Waals surface area contributed by atoms with E-state index in [9.17, 15) is 9.90 Å². The van der Waals surface area contributed by atoms with E-state index in [1.54, 1.807) is 41.0 Å². The molecule has 1 atom stereocenters. The molecular weight excluding hydrogens is 472 g/mol. The Bertz CT molecular complexity index is 1310. The van der Waals surface area contributed by atoms with Gasteiger partial charge in [0.05, 0.1) is 25.5 Å². The Balaban J connectivity index is 1.52. The lowest BCUT2D eigenvalue weighted by Gasteiger charge is -2.13. The number of halogens is 1. The maximum atomic E-state index is 12.9. The van der Waals surface area contributed by atoms with Crippen molar-refractivity contribution in [3.8, 4) is 17.1 Å². The van der Waals surface area contributed by atoms with Crippen molar-refractivity contribution >= 4 is 28.8 Å². The van der Waals surface area contributed by atoms with E-state index in [1.807, 2.05) is 12.1 Å². The third kappa shape index (κ3) is 5.51. The zero-order chi connectivity index (χ0) is 24.8. The molecule has 4 rings (SSSR count). The van der Waals surface area contributed by atoms with Crippen molar-refractivity contribution < 1.29 is 19.7 Å². The lowest BCUT2D eigenvalue weighted by Crippen LogP contribution is -2.26. The molecule has 35 heavy (non-hydrogen) atoms. The van der Waals surface area contributed by atoms with Gasteiger partial charge in [-0.25, -0.2) is 14.5 Å². The number of pyridine rings is 1. The van der Waals surface area contributed by atoms with Crippen molar-refractivity contribution in [2.24, 2.45) is 0 Å². The number of benzene rings is 1. The Morgan fingerprint density at radius 2 is 1.97 bits per heavy atom. The standard InChI is InChI=1S/C24H25ClN6O4/c1-35-24-18(23(34)27-9-8-21(33)15-2-4-17(25)5-3-15)12-16(13-28-24)19-6-7-20-22(26-10-11-32)29-14-30-31(19)20/h2-7,12-14,21,32-33H,8-11H2,1H3,(H,27,34)(H,26,29,30). The summed E-state index contributed by atoms with van der Waals surface area (Å²) in [6.45, 7) is 0.576. The molecule has 0 saturated carbocycles. The fourth-order valence-electron chi connectivity index (χ4n) is 3.65. The molecule has 0 saturated heterocycles. The van der Waals surface area contributed by atoms with Crippen molar-refractivity contribution in [1.82, 2.24) is 24.9 Å². The number of amides is 1. The maximum absolute atomic E-state index is 12.9. The summed E-state index contributed by atoms with van der Waals surface area (Å²) in [4.78, 5) is 21.5. The number of methoxy groups -OCH3 is 1. The first kappa shape index (κ1) is 24.4. The molecule has 0 spiro atoms. The van der Waals surface area contributed by atoms with Crippen LogP contribution in [0.15, 0.2) is 55.0 Å². The van der Waals surface area contributed by atoms with Gasteiger partial charge in [0.1, 0.15) is 17.4 Å². The molecule has 0 aliphatic heterocycles. The van der Waals surface area contributed by atoms with Gasteiger partial charge in [-0.3, -0.25) is 4.79 Å². The van der Waals surface area contributed by atoms with Crippen LogP contribution in [0.25, 0.3) is 16.8 Å². The second kappa shape index (κ2) is 11.1. The molecule has 1 aromatic carbocycles. The number of anilines is 1. The first-order chi connectivity index (χ1) is 17.0. The smallest absolute Gasteiger partial charge is 0.256 e. The highest BCUT2D eigenvalue weighted by atomic mass is 35.5. The van der Waals surface area contributed by atoms with Crippen molar-refractivity contribution in [1.29, 1.82) is 0 Å². The first-order valence-corrected chi connectivity index (χ1v) is 11.3. The minimum atomic E-state index is -0.737. The number of rotatable bonds is 10. The van der Waals surface area contributed by atoms with Crippen molar-refractivity contribution in [2.75, 3.05) is 32.1 Å². The first-order valence-electron chi connectivity index (χ1n) is 11.0. The van der Waals surface area contributed by atoms with E-state index in [4.69, 9.17) is 21.4 Å². The van der Waals surface area contributed by atoms with Crippen LogP contribution in [-0.4, -0.2) is 62.5 Å². The number of fused-ring (bicyclic) bond motifs is 1. The molecule has 11 heteroatoms. The normalized spacial score (nSPS) is 11.9. The highest BCUT2D eigenvalue weighted by Gasteiger charge is 2.18. The van der Waals surface area contributed by atoms with Crippen LogP contribution in [0.1, 0.15) is 28.4 Å². The summed E-state index contributed by atoms with van der Waals surface area (Å²) in [5, 5.41) is 30.2. The van der Waals surface area contributed by atoms with Gasteiger partial charge in [0.25, 0.3) is 5.91 Å². The van der Waals surface area contributed by atoms with E-state index in [0.29, 0.717) is 40.6 Å².